The molecule has 0 fully saturated rings. The molecule has 0 aromatic heterocycles. The van der Waals surface area contributed by atoms with Crippen molar-refractivity contribution in [2.24, 2.45) is 0 Å². The summed E-state index contributed by atoms with van der Waals surface area (Å²) < 4.78 is 30.5. The Hall–Kier alpha value is -2.29. The number of carbonyl (C=O) groups is 2. The van der Waals surface area contributed by atoms with Crippen LogP contribution in [0, 0.1) is 0 Å². The van der Waals surface area contributed by atoms with Crippen molar-refractivity contribution in [3.8, 4) is 0 Å². The molecule has 3 atom stereocenters. The number of esters is 1. The summed E-state index contributed by atoms with van der Waals surface area (Å²) in [5.74, 6) is -0.539. The first-order valence-corrected chi connectivity index (χ1v) is 37.6. The van der Waals surface area contributed by atoms with Gasteiger partial charge in [-0.2, -0.15) is 0 Å². The number of hydrogen-bond donors (Lipinski definition) is 1. The third kappa shape index (κ3) is 64.2. The van der Waals surface area contributed by atoms with Gasteiger partial charge < -0.3 is 28.5 Å². The number of quaternary nitrogens is 1. The third-order valence-corrected chi connectivity index (χ3v) is 17.2. The Morgan fingerprint density at radius 2 is 0.726 bits per heavy atom. The molecule has 0 aliphatic rings. The van der Waals surface area contributed by atoms with Crippen LogP contribution in [0.25, 0.3) is 0 Å². The van der Waals surface area contributed by atoms with Gasteiger partial charge in [-0.3, -0.25) is 14.2 Å². The summed E-state index contributed by atoms with van der Waals surface area (Å²) in [6.45, 7) is 6.86. The number of phosphoric acid groups is 1. The van der Waals surface area contributed by atoms with E-state index in [0.29, 0.717) is 17.4 Å². The normalized spacial score (nSPS) is 13.8. The molecule has 0 radical (unpaired) electrons. The smallest absolute Gasteiger partial charge is 0.306 e. The lowest BCUT2D eigenvalue weighted by Crippen LogP contribution is -2.47. The van der Waals surface area contributed by atoms with Gasteiger partial charge in [-0.05, 0) is 76.7 Å². The number of rotatable bonds is 66. The molecule has 0 aliphatic carbocycles. The molecular weight excluding hydrogens is 1060 g/mol. The van der Waals surface area contributed by atoms with Gasteiger partial charge in [-0.1, -0.05) is 319 Å². The predicted molar refractivity (Wildman–Crippen MR) is 362 cm³/mol. The van der Waals surface area contributed by atoms with Crippen LogP contribution in [-0.2, 0) is 27.9 Å². The first-order valence-electron chi connectivity index (χ1n) is 36.1. The van der Waals surface area contributed by atoms with Crippen LogP contribution in [0.3, 0.4) is 0 Å². The molecular formula is C74H139N2O7P. The molecule has 0 rings (SSSR count). The molecule has 10 heteroatoms. The Balaban J connectivity index is 5.07. The van der Waals surface area contributed by atoms with Crippen molar-refractivity contribution < 1.29 is 37.3 Å². The lowest BCUT2D eigenvalue weighted by Gasteiger charge is -2.30. The maximum absolute atomic E-state index is 13.6. The fraction of sp³-hybridized carbons (Fsp3) is 0.838. The quantitative estimate of drug-likeness (QED) is 0.0212. The highest BCUT2D eigenvalue weighted by Crippen LogP contribution is 2.38. The van der Waals surface area contributed by atoms with Gasteiger partial charge >= 0.3 is 5.97 Å². The van der Waals surface area contributed by atoms with E-state index in [1.807, 2.05) is 33.3 Å². The van der Waals surface area contributed by atoms with E-state index in [1.54, 1.807) is 0 Å². The van der Waals surface area contributed by atoms with Crippen molar-refractivity contribution in [3.63, 3.8) is 0 Å². The highest BCUT2D eigenvalue weighted by atomic mass is 31.2. The van der Waals surface area contributed by atoms with Gasteiger partial charge in [0.05, 0.1) is 33.8 Å². The zero-order valence-corrected chi connectivity index (χ0v) is 57.3. The molecule has 0 saturated heterocycles. The van der Waals surface area contributed by atoms with Gasteiger partial charge in [0.1, 0.15) is 19.3 Å². The summed E-state index contributed by atoms with van der Waals surface area (Å²) in [7, 11) is 1.19. The summed E-state index contributed by atoms with van der Waals surface area (Å²) in [6, 6.07) is -0.893. The molecule has 1 N–H and O–H groups in total. The lowest BCUT2D eigenvalue weighted by atomic mass is 10.0. The standard InChI is InChI=1S/C74H139N2O7P/c1-7-10-13-16-19-22-25-28-30-32-34-36-38-40-42-44-46-48-51-54-57-60-63-66-73(77)75-71(70-82-84(79,80)81-69-68-76(4,5)6)72(65-62-59-56-53-50-27-24-21-18-15-12-9-3)83-74(78)67-64-61-58-55-52-49-47-45-43-41-39-37-35-33-31-29-26-23-20-17-14-11-8-2/h20,23,29,31,35,37,41,43,62,65,71-72H,7-19,21-22,24-28,30,32-34,36,38-40,42,44-61,63-64,66-70H2,1-6H3,(H-,75,77,79,80)/b23-20-,31-29-,37-35-,43-41-,65-62+. The molecule has 0 bridgehead atoms. The van der Waals surface area contributed by atoms with Crippen LogP contribution in [0.15, 0.2) is 60.8 Å². The molecule has 0 aromatic carbocycles. The minimum Gasteiger partial charge on any atom is -0.756 e. The monoisotopic (exact) mass is 1200 g/mol. The summed E-state index contributed by atoms with van der Waals surface area (Å²) in [5, 5.41) is 3.05. The number of allylic oxidation sites excluding steroid dienone is 9. The number of phosphoric ester groups is 1. The molecule has 3 unspecified atom stereocenters. The van der Waals surface area contributed by atoms with E-state index in [4.69, 9.17) is 13.8 Å². The molecule has 0 heterocycles. The van der Waals surface area contributed by atoms with Gasteiger partial charge in [0.15, 0.2) is 0 Å². The Morgan fingerprint density at radius 1 is 0.417 bits per heavy atom. The summed E-state index contributed by atoms with van der Waals surface area (Å²) in [5.41, 5.74) is 0. The van der Waals surface area contributed by atoms with Gasteiger partial charge in [0.25, 0.3) is 7.82 Å². The van der Waals surface area contributed by atoms with Gasteiger partial charge in [-0.15, -0.1) is 0 Å². The first-order chi connectivity index (χ1) is 40.9. The number of nitrogens with one attached hydrogen (secondary N) is 1. The van der Waals surface area contributed by atoms with Crippen LogP contribution in [0.5, 0.6) is 0 Å². The van der Waals surface area contributed by atoms with Crippen molar-refractivity contribution in [2.45, 2.75) is 360 Å². The van der Waals surface area contributed by atoms with E-state index in [2.05, 4.69) is 74.7 Å². The molecule has 0 saturated carbocycles. The topological polar surface area (TPSA) is 114 Å². The second-order valence-electron chi connectivity index (χ2n) is 25.7. The molecule has 0 aliphatic heterocycles. The van der Waals surface area contributed by atoms with E-state index in [-0.39, 0.29) is 31.5 Å². The fourth-order valence-corrected chi connectivity index (χ4v) is 11.3. The van der Waals surface area contributed by atoms with E-state index in [1.165, 1.54) is 225 Å². The predicted octanol–water partition coefficient (Wildman–Crippen LogP) is 22.3. The maximum Gasteiger partial charge on any atom is 0.306 e. The minimum absolute atomic E-state index is 0.0237. The number of likely N-dealkylation sites (N-methyl/N-ethyl adjacent to an activating group) is 1. The largest absolute Gasteiger partial charge is 0.756 e. The number of unbranched alkanes of at least 4 members (excludes halogenated alkanes) is 42. The Morgan fingerprint density at radius 3 is 1.11 bits per heavy atom. The maximum atomic E-state index is 13.6. The van der Waals surface area contributed by atoms with Crippen LogP contribution in [-0.4, -0.2) is 69.4 Å². The number of hydrogen-bond acceptors (Lipinski definition) is 7. The van der Waals surface area contributed by atoms with Gasteiger partial charge in [-0.25, -0.2) is 0 Å². The summed E-state index contributed by atoms with van der Waals surface area (Å²) >= 11 is 0. The molecule has 0 spiro atoms. The Labute approximate surface area is 521 Å². The Kier molecular flexibility index (Phi) is 62.0. The average molecular weight is 1200 g/mol. The summed E-state index contributed by atoms with van der Waals surface area (Å²) in [6.07, 6.45) is 82.0. The Bertz CT molecular complexity index is 1620. The zero-order valence-electron chi connectivity index (χ0n) is 56.4. The van der Waals surface area contributed by atoms with Crippen LogP contribution in [0.4, 0.5) is 0 Å². The highest BCUT2D eigenvalue weighted by molar-refractivity contribution is 7.45. The van der Waals surface area contributed by atoms with Crippen LogP contribution in [0.1, 0.15) is 348 Å². The molecule has 1 amide bonds. The van der Waals surface area contributed by atoms with Crippen molar-refractivity contribution >= 4 is 19.7 Å². The van der Waals surface area contributed by atoms with Crippen molar-refractivity contribution in [1.29, 1.82) is 0 Å². The fourth-order valence-electron chi connectivity index (χ4n) is 10.6. The zero-order chi connectivity index (χ0) is 61.4. The first kappa shape index (κ1) is 81.7. The van der Waals surface area contributed by atoms with Crippen molar-refractivity contribution in [2.75, 3.05) is 40.9 Å². The number of carbonyl (C=O) groups excluding carboxylic acids is 2. The van der Waals surface area contributed by atoms with Crippen LogP contribution >= 0.6 is 7.82 Å². The number of nitrogens with zero attached hydrogens (tertiary/aromatic N) is 1. The molecule has 9 nitrogen and oxygen atoms in total. The minimum atomic E-state index is -4.71. The third-order valence-electron chi connectivity index (χ3n) is 16.2. The average Bonchev–Trinajstić information content (AvgIpc) is 3.65. The van der Waals surface area contributed by atoms with Gasteiger partial charge in [0, 0.05) is 12.8 Å². The molecule has 492 valence electrons. The van der Waals surface area contributed by atoms with Crippen LogP contribution in [0.2, 0.25) is 0 Å². The van der Waals surface area contributed by atoms with Crippen molar-refractivity contribution in [1.82, 2.24) is 5.32 Å². The van der Waals surface area contributed by atoms with E-state index in [0.717, 1.165) is 89.9 Å². The number of ether oxygens (including phenoxy) is 1. The van der Waals surface area contributed by atoms with Crippen molar-refractivity contribution in [3.05, 3.63) is 60.8 Å². The van der Waals surface area contributed by atoms with E-state index >= 15 is 0 Å². The SMILES string of the molecule is CCCCC/C=C\C/C=C\C/C=C\C/C=C\CCCCCCCCCC(=O)OC(/C=C/CCCCCCCCCCCC)C(COP(=O)([O-])OCC[N+](C)(C)C)NC(=O)CCCCCCCCCCCCCCCCCCCCCCCCC. The van der Waals surface area contributed by atoms with E-state index in [9.17, 15) is 19.0 Å². The summed E-state index contributed by atoms with van der Waals surface area (Å²) in [4.78, 5) is 40.2. The second kappa shape index (κ2) is 63.7. The molecule has 84 heavy (non-hydrogen) atoms. The van der Waals surface area contributed by atoms with Crippen LogP contribution < -0.4 is 10.2 Å². The van der Waals surface area contributed by atoms with Gasteiger partial charge in [0.2, 0.25) is 5.91 Å². The van der Waals surface area contributed by atoms with E-state index < -0.39 is 20.0 Å². The lowest BCUT2D eigenvalue weighted by molar-refractivity contribution is -0.870. The molecule has 0 aromatic rings. The second-order valence-corrected chi connectivity index (χ2v) is 27.2. The number of amides is 1. The highest BCUT2D eigenvalue weighted by Gasteiger charge is 2.27.